The van der Waals surface area contributed by atoms with Crippen LogP contribution in [-0.4, -0.2) is 9.55 Å². The lowest BCUT2D eigenvalue weighted by Crippen LogP contribution is -2.13. The van der Waals surface area contributed by atoms with Crippen LogP contribution < -0.4 is 0 Å². The monoisotopic (exact) mass is 290 g/mol. The fourth-order valence-corrected chi connectivity index (χ4v) is 3.29. The number of aryl methyl sites for hydroxylation is 1. The van der Waals surface area contributed by atoms with Gasteiger partial charge in [-0.25, -0.2) is 4.98 Å². The van der Waals surface area contributed by atoms with E-state index in [0.29, 0.717) is 6.04 Å². The standard InChI is InChI=1S/C17H23ClN2/c1-4-14(10-13-8-9-13)20-15-7-5-6-11(2)16(15)19-17(20)12(3)18/h5-7,12-14H,4,8-10H2,1-3H3. The van der Waals surface area contributed by atoms with Crippen LogP contribution in [0.5, 0.6) is 0 Å². The zero-order valence-electron chi connectivity index (χ0n) is 12.6. The van der Waals surface area contributed by atoms with Gasteiger partial charge in [-0.05, 0) is 44.2 Å². The number of halogens is 1. The van der Waals surface area contributed by atoms with Crippen molar-refractivity contribution in [1.29, 1.82) is 0 Å². The molecule has 0 spiro atoms. The molecule has 1 aliphatic carbocycles. The van der Waals surface area contributed by atoms with Crippen molar-refractivity contribution in [2.24, 2.45) is 5.92 Å². The first-order chi connectivity index (χ1) is 9.61. The molecule has 0 saturated heterocycles. The molecule has 3 heteroatoms. The highest BCUT2D eigenvalue weighted by Gasteiger charge is 2.28. The number of alkyl halides is 1. The third-order valence-corrected chi connectivity index (χ3v) is 4.64. The van der Waals surface area contributed by atoms with Crippen molar-refractivity contribution in [3.05, 3.63) is 29.6 Å². The Morgan fingerprint density at radius 3 is 2.75 bits per heavy atom. The van der Waals surface area contributed by atoms with E-state index in [1.54, 1.807) is 0 Å². The minimum absolute atomic E-state index is 0.0462. The Labute approximate surface area is 126 Å². The smallest absolute Gasteiger partial charge is 0.127 e. The van der Waals surface area contributed by atoms with Crippen LogP contribution in [0.25, 0.3) is 11.0 Å². The maximum Gasteiger partial charge on any atom is 0.127 e. The van der Waals surface area contributed by atoms with Crippen LogP contribution in [0.4, 0.5) is 0 Å². The fraction of sp³-hybridized carbons (Fsp3) is 0.588. The van der Waals surface area contributed by atoms with Gasteiger partial charge in [0.15, 0.2) is 0 Å². The molecule has 1 saturated carbocycles. The Bertz CT molecular complexity index is 611. The van der Waals surface area contributed by atoms with E-state index >= 15 is 0 Å². The molecule has 0 aliphatic heterocycles. The van der Waals surface area contributed by atoms with E-state index in [4.69, 9.17) is 16.6 Å². The molecule has 2 atom stereocenters. The Balaban J connectivity index is 2.14. The van der Waals surface area contributed by atoms with E-state index in [1.807, 2.05) is 6.92 Å². The van der Waals surface area contributed by atoms with Crippen LogP contribution in [0.15, 0.2) is 18.2 Å². The van der Waals surface area contributed by atoms with E-state index in [-0.39, 0.29) is 5.38 Å². The summed E-state index contributed by atoms with van der Waals surface area (Å²) in [4.78, 5) is 4.84. The van der Waals surface area contributed by atoms with Crippen molar-refractivity contribution < 1.29 is 0 Å². The van der Waals surface area contributed by atoms with Gasteiger partial charge in [-0.1, -0.05) is 31.9 Å². The molecule has 0 bridgehead atoms. The van der Waals surface area contributed by atoms with Gasteiger partial charge in [0.25, 0.3) is 0 Å². The van der Waals surface area contributed by atoms with Crippen molar-refractivity contribution >= 4 is 22.6 Å². The summed E-state index contributed by atoms with van der Waals surface area (Å²) in [5.74, 6) is 1.95. The molecule has 1 fully saturated rings. The number of nitrogens with zero attached hydrogens (tertiary/aromatic N) is 2. The summed E-state index contributed by atoms with van der Waals surface area (Å²) in [6.07, 6.45) is 5.21. The van der Waals surface area contributed by atoms with Crippen molar-refractivity contribution in [2.75, 3.05) is 0 Å². The number of hydrogen-bond donors (Lipinski definition) is 0. The molecule has 1 aromatic heterocycles. The normalized spacial score (nSPS) is 18.4. The molecule has 0 radical (unpaired) electrons. The van der Waals surface area contributed by atoms with E-state index in [9.17, 15) is 0 Å². The second-order valence-corrected chi connectivity index (χ2v) is 6.79. The predicted molar refractivity (Wildman–Crippen MR) is 85.4 cm³/mol. The van der Waals surface area contributed by atoms with E-state index in [1.165, 1.54) is 30.3 Å². The van der Waals surface area contributed by atoms with Gasteiger partial charge in [-0.3, -0.25) is 0 Å². The van der Waals surface area contributed by atoms with Gasteiger partial charge < -0.3 is 4.57 Å². The first-order valence-electron chi connectivity index (χ1n) is 7.73. The van der Waals surface area contributed by atoms with Crippen LogP contribution in [0.3, 0.4) is 0 Å². The summed E-state index contributed by atoms with van der Waals surface area (Å²) in [6.45, 7) is 6.43. The first-order valence-corrected chi connectivity index (χ1v) is 8.17. The number of aromatic nitrogens is 2. The molecule has 108 valence electrons. The van der Waals surface area contributed by atoms with Crippen LogP contribution >= 0.6 is 11.6 Å². The highest BCUT2D eigenvalue weighted by atomic mass is 35.5. The minimum atomic E-state index is -0.0462. The van der Waals surface area contributed by atoms with Gasteiger partial charge in [0, 0.05) is 6.04 Å². The Morgan fingerprint density at radius 1 is 1.40 bits per heavy atom. The number of imidazole rings is 1. The third kappa shape index (κ3) is 2.46. The summed E-state index contributed by atoms with van der Waals surface area (Å²) in [6, 6.07) is 6.98. The van der Waals surface area contributed by atoms with E-state index in [2.05, 4.69) is 36.6 Å². The Morgan fingerprint density at radius 2 is 2.15 bits per heavy atom. The quantitative estimate of drug-likeness (QED) is 0.675. The maximum absolute atomic E-state index is 6.40. The molecule has 0 amide bonds. The lowest BCUT2D eigenvalue weighted by Gasteiger charge is -2.21. The third-order valence-electron chi connectivity index (χ3n) is 4.44. The highest BCUT2D eigenvalue weighted by molar-refractivity contribution is 6.20. The molecule has 1 aromatic carbocycles. The van der Waals surface area contributed by atoms with Crippen LogP contribution in [0.1, 0.15) is 62.3 Å². The predicted octanol–water partition coefficient (Wildman–Crippen LogP) is 5.40. The molecule has 20 heavy (non-hydrogen) atoms. The zero-order chi connectivity index (χ0) is 14.3. The van der Waals surface area contributed by atoms with Gasteiger partial charge >= 0.3 is 0 Å². The summed E-state index contributed by atoms with van der Waals surface area (Å²) in [7, 11) is 0. The van der Waals surface area contributed by atoms with Gasteiger partial charge in [0.05, 0.1) is 16.4 Å². The molecular weight excluding hydrogens is 268 g/mol. The average Bonchev–Trinajstić information content (AvgIpc) is 3.15. The van der Waals surface area contributed by atoms with Crippen molar-refractivity contribution in [3.8, 4) is 0 Å². The summed E-state index contributed by atoms with van der Waals surface area (Å²) >= 11 is 6.40. The maximum atomic E-state index is 6.40. The Kier molecular flexibility index (Phi) is 3.76. The van der Waals surface area contributed by atoms with Crippen LogP contribution in [0, 0.1) is 12.8 Å². The second-order valence-electron chi connectivity index (χ2n) is 6.14. The van der Waals surface area contributed by atoms with Gasteiger partial charge in [0.1, 0.15) is 5.82 Å². The van der Waals surface area contributed by atoms with Gasteiger partial charge in [0.2, 0.25) is 0 Å². The average molecular weight is 291 g/mol. The molecule has 3 rings (SSSR count). The fourth-order valence-electron chi connectivity index (χ4n) is 3.13. The van der Waals surface area contributed by atoms with Gasteiger partial charge in [-0.2, -0.15) is 0 Å². The largest absolute Gasteiger partial charge is 0.324 e. The zero-order valence-corrected chi connectivity index (χ0v) is 13.3. The molecular formula is C17H23ClN2. The van der Waals surface area contributed by atoms with Crippen LogP contribution in [-0.2, 0) is 0 Å². The number of benzene rings is 1. The van der Waals surface area contributed by atoms with E-state index in [0.717, 1.165) is 23.7 Å². The minimum Gasteiger partial charge on any atom is -0.324 e. The molecule has 1 heterocycles. The number of para-hydroxylation sites is 1. The Hall–Kier alpha value is -1.02. The van der Waals surface area contributed by atoms with Crippen molar-refractivity contribution in [1.82, 2.24) is 9.55 Å². The summed E-state index contributed by atoms with van der Waals surface area (Å²) in [5, 5.41) is -0.0462. The number of hydrogen-bond acceptors (Lipinski definition) is 1. The molecule has 0 N–H and O–H groups in total. The molecule has 1 aliphatic rings. The van der Waals surface area contributed by atoms with Crippen molar-refractivity contribution in [3.63, 3.8) is 0 Å². The summed E-state index contributed by atoms with van der Waals surface area (Å²) < 4.78 is 2.42. The number of rotatable bonds is 5. The van der Waals surface area contributed by atoms with Gasteiger partial charge in [-0.15, -0.1) is 11.6 Å². The lowest BCUT2D eigenvalue weighted by atomic mass is 10.1. The second kappa shape index (κ2) is 5.40. The topological polar surface area (TPSA) is 17.8 Å². The first kappa shape index (κ1) is 13.9. The number of fused-ring (bicyclic) bond motifs is 1. The van der Waals surface area contributed by atoms with Crippen LogP contribution in [0.2, 0.25) is 0 Å². The lowest BCUT2D eigenvalue weighted by molar-refractivity contribution is 0.425. The SMILES string of the molecule is CCC(CC1CC1)n1c(C(C)Cl)nc2c(C)cccc21. The molecule has 2 nitrogen and oxygen atoms in total. The highest BCUT2D eigenvalue weighted by Crippen LogP contribution is 2.40. The molecule has 2 unspecified atom stereocenters. The molecule has 2 aromatic rings. The summed E-state index contributed by atoms with van der Waals surface area (Å²) in [5.41, 5.74) is 3.60. The van der Waals surface area contributed by atoms with Crippen molar-refractivity contribution in [2.45, 2.75) is 57.9 Å². The van der Waals surface area contributed by atoms with E-state index < -0.39 is 0 Å².